The van der Waals surface area contributed by atoms with Crippen molar-refractivity contribution in [2.45, 2.75) is 33.4 Å². The monoisotopic (exact) mass is 407 g/mol. The Kier molecular flexibility index (Phi) is 5.24. The first-order valence-corrected chi connectivity index (χ1v) is 9.98. The van der Waals surface area contributed by atoms with Gasteiger partial charge in [0.25, 0.3) is 5.91 Å². The first-order valence-electron chi connectivity index (χ1n) is 9.98. The summed E-state index contributed by atoms with van der Waals surface area (Å²) in [5.41, 5.74) is 3.83. The molecule has 0 saturated heterocycles. The second kappa shape index (κ2) is 7.86. The highest BCUT2D eigenvalue weighted by Crippen LogP contribution is 2.31. The third-order valence-electron chi connectivity index (χ3n) is 5.62. The molecule has 1 atom stereocenters. The highest BCUT2D eigenvalue weighted by molar-refractivity contribution is 5.99. The van der Waals surface area contributed by atoms with E-state index < -0.39 is 0 Å². The third kappa shape index (κ3) is 3.54. The summed E-state index contributed by atoms with van der Waals surface area (Å²) in [5, 5.41) is 3.32. The molecule has 2 aromatic carbocycles. The van der Waals surface area contributed by atoms with Gasteiger partial charge in [0.2, 0.25) is 0 Å². The molecule has 1 unspecified atom stereocenters. The minimum absolute atomic E-state index is 0.00981. The largest absolute Gasteiger partial charge is 0.363 e. The van der Waals surface area contributed by atoms with E-state index in [1.165, 1.54) is 12.1 Å². The van der Waals surface area contributed by atoms with Gasteiger partial charge < -0.3 is 10.2 Å². The molecule has 1 N–H and O–H groups in total. The summed E-state index contributed by atoms with van der Waals surface area (Å²) in [4.78, 5) is 18.6. The van der Waals surface area contributed by atoms with Gasteiger partial charge in [0.15, 0.2) is 0 Å². The predicted octanol–water partition coefficient (Wildman–Crippen LogP) is 5.48. The number of carbonyl (C=O) groups is 1. The Morgan fingerprint density at radius 3 is 2.60 bits per heavy atom. The van der Waals surface area contributed by atoms with E-state index in [4.69, 9.17) is 0 Å². The molecule has 1 aliphatic heterocycles. The summed E-state index contributed by atoms with van der Waals surface area (Å²) in [6.07, 6.45) is 1.62. The fourth-order valence-electron chi connectivity index (χ4n) is 3.80. The van der Waals surface area contributed by atoms with Crippen LogP contribution in [0.15, 0.2) is 48.7 Å². The molecule has 0 saturated carbocycles. The maximum atomic E-state index is 14.8. The zero-order chi connectivity index (χ0) is 21.4. The molecule has 154 valence electrons. The second-order valence-electron chi connectivity index (χ2n) is 7.57. The molecule has 0 spiro atoms. The molecule has 30 heavy (non-hydrogen) atoms. The summed E-state index contributed by atoms with van der Waals surface area (Å²) in [5.74, 6) is -0.0270. The number of anilines is 1. The number of rotatable bonds is 5. The molecule has 0 bridgehead atoms. The van der Waals surface area contributed by atoms with E-state index in [1.807, 2.05) is 19.9 Å². The zero-order valence-electron chi connectivity index (χ0n) is 17.2. The van der Waals surface area contributed by atoms with Gasteiger partial charge in [0.1, 0.15) is 17.5 Å². The van der Waals surface area contributed by atoms with Gasteiger partial charge in [-0.3, -0.25) is 4.79 Å². The van der Waals surface area contributed by atoms with E-state index in [-0.39, 0.29) is 23.6 Å². The summed E-state index contributed by atoms with van der Waals surface area (Å²) >= 11 is 0. The number of nitrogens with zero attached hydrogens (tertiary/aromatic N) is 2. The van der Waals surface area contributed by atoms with Crippen LogP contribution in [0.25, 0.3) is 11.1 Å². The summed E-state index contributed by atoms with van der Waals surface area (Å²) in [6.45, 7) is 6.68. The molecular formula is C24H23F2N3O. The maximum absolute atomic E-state index is 14.8. The number of amides is 1. The molecule has 4 nitrogen and oxygen atoms in total. The van der Waals surface area contributed by atoms with Crippen molar-refractivity contribution in [1.29, 1.82) is 0 Å². The standard InChI is InChI=1S/C24H23F2N3O/c1-4-29-13-20-19(24(29)30)9-10-27-23(20)28-15(3)16-5-7-18(22(26)12-16)17-6-8-21(25)14(2)11-17/h5-12,15H,4,13H2,1-3H3,(H,27,28). The number of carbonyl (C=O) groups excluding carboxylic acids is 1. The van der Waals surface area contributed by atoms with Crippen molar-refractivity contribution in [3.8, 4) is 11.1 Å². The predicted molar refractivity (Wildman–Crippen MR) is 113 cm³/mol. The fraction of sp³-hybridized carbons (Fsp3) is 0.250. The van der Waals surface area contributed by atoms with Crippen LogP contribution in [0.1, 0.15) is 46.9 Å². The van der Waals surface area contributed by atoms with Crippen molar-refractivity contribution >= 4 is 11.7 Å². The number of hydrogen-bond donors (Lipinski definition) is 1. The van der Waals surface area contributed by atoms with Crippen LogP contribution in [0.3, 0.4) is 0 Å². The quantitative estimate of drug-likeness (QED) is 0.609. The number of fused-ring (bicyclic) bond motifs is 1. The molecule has 4 rings (SSSR count). The average Bonchev–Trinajstić information content (AvgIpc) is 3.07. The van der Waals surface area contributed by atoms with Crippen LogP contribution in [-0.4, -0.2) is 22.3 Å². The van der Waals surface area contributed by atoms with Crippen LogP contribution < -0.4 is 5.32 Å². The molecule has 1 aliphatic rings. The van der Waals surface area contributed by atoms with Crippen molar-refractivity contribution in [3.63, 3.8) is 0 Å². The van der Waals surface area contributed by atoms with E-state index in [9.17, 15) is 13.6 Å². The SMILES string of the molecule is CCN1Cc2c(ccnc2NC(C)c2ccc(-c3ccc(F)c(C)c3)c(F)c2)C1=O. The Morgan fingerprint density at radius 1 is 1.10 bits per heavy atom. The van der Waals surface area contributed by atoms with Gasteiger partial charge in [-0.1, -0.05) is 18.2 Å². The lowest BCUT2D eigenvalue weighted by atomic mass is 9.99. The van der Waals surface area contributed by atoms with Crippen LogP contribution in [0, 0.1) is 18.6 Å². The number of nitrogens with one attached hydrogen (secondary N) is 1. The molecule has 0 aliphatic carbocycles. The van der Waals surface area contributed by atoms with Gasteiger partial charge in [-0.05, 0) is 61.7 Å². The number of halogens is 2. The van der Waals surface area contributed by atoms with E-state index in [0.29, 0.717) is 41.2 Å². The molecule has 3 aromatic rings. The van der Waals surface area contributed by atoms with Gasteiger partial charge >= 0.3 is 0 Å². The summed E-state index contributed by atoms with van der Waals surface area (Å²) in [6, 6.07) is 11.1. The highest BCUT2D eigenvalue weighted by Gasteiger charge is 2.29. The Bertz CT molecular complexity index is 1130. The Balaban J connectivity index is 1.58. The van der Waals surface area contributed by atoms with Gasteiger partial charge in [-0.15, -0.1) is 0 Å². The first-order chi connectivity index (χ1) is 14.4. The second-order valence-corrected chi connectivity index (χ2v) is 7.57. The van der Waals surface area contributed by atoms with Gasteiger partial charge in [0.05, 0.1) is 12.6 Å². The lowest BCUT2D eigenvalue weighted by Crippen LogP contribution is -2.22. The van der Waals surface area contributed by atoms with Crippen LogP contribution in [0.5, 0.6) is 0 Å². The zero-order valence-corrected chi connectivity index (χ0v) is 17.2. The molecule has 2 heterocycles. The van der Waals surface area contributed by atoms with Crippen molar-refractivity contribution in [1.82, 2.24) is 9.88 Å². The minimum Gasteiger partial charge on any atom is -0.363 e. The Hall–Kier alpha value is -3.28. The van der Waals surface area contributed by atoms with Gasteiger partial charge in [0, 0.05) is 29.4 Å². The summed E-state index contributed by atoms with van der Waals surface area (Å²) in [7, 11) is 0. The average molecular weight is 407 g/mol. The lowest BCUT2D eigenvalue weighted by molar-refractivity contribution is 0.0787. The third-order valence-corrected chi connectivity index (χ3v) is 5.62. The Labute approximate surface area is 174 Å². The van der Waals surface area contributed by atoms with Crippen molar-refractivity contribution in [3.05, 3.63) is 82.5 Å². The van der Waals surface area contributed by atoms with Gasteiger partial charge in [-0.2, -0.15) is 0 Å². The van der Waals surface area contributed by atoms with E-state index in [2.05, 4.69) is 10.3 Å². The van der Waals surface area contributed by atoms with E-state index in [1.54, 1.807) is 42.3 Å². The maximum Gasteiger partial charge on any atom is 0.254 e. The van der Waals surface area contributed by atoms with Crippen molar-refractivity contribution < 1.29 is 13.6 Å². The van der Waals surface area contributed by atoms with Crippen LogP contribution >= 0.6 is 0 Å². The molecule has 6 heteroatoms. The van der Waals surface area contributed by atoms with Crippen LogP contribution in [0.4, 0.5) is 14.6 Å². The van der Waals surface area contributed by atoms with Crippen molar-refractivity contribution in [2.24, 2.45) is 0 Å². The minimum atomic E-state index is -0.370. The normalized spacial score (nSPS) is 14.0. The fourth-order valence-corrected chi connectivity index (χ4v) is 3.80. The molecule has 0 radical (unpaired) electrons. The van der Waals surface area contributed by atoms with E-state index in [0.717, 1.165) is 11.1 Å². The summed E-state index contributed by atoms with van der Waals surface area (Å²) < 4.78 is 28.4. The highest BCUT2D eigenvalue weighted by atomic mass is 19.1. The molecule has 1 amide bonds. The Morgan fingerprint density at radius 2 is 1.90 bits per heavy atom. The van der Waals surface area contributed by atoms with E-state index >= 15 is 0 Å². The first kappa shape index (κ1) is 20.0. The van der Waals surface area contributed by atoms with Crippen LogP contribution in [-0.2, 0) is 6.54 Å². The molecular weight excluding hydrogens is 384 g/mol. The molecule has 0 fully saturated rings. The number of hydrogen-bond acceptors (Lipinski definition) is 3. The number of aromatic nitrogens is 1. The van der Waals surface area contributed by atoms with Gasteiger partial charge in [-0.25, -0.2) is 13.8 Å². The topological polar surface area (TPSA) is 45.2 Å². The van der Waals surface area contributed by atoms with Crippen molar-refractivity contribution in [2.75, 3.05) is 11.9 Å². The number of aryl methyl sites for hydroxylation is 1. The van der Waals surface area contributed by atoms with Crippen LogP contribution in [0.2, 0.25) is 0 Å². The number of benzene rings is 2. The number of pyridine rings is 1. The lowest BCUT2D eigenvalue weighted by Gasteiger charge is -2.18. The smallest absolute Gasteiger partial charge is 0.254 e. The molecule has 1 aromatic heterocycles.